The average Bonchev–Trinajstić information content (AvgIpc) is 2.95. The molecule has 4 aliphatic rings. The highest BCUT2D eigenvalue weighted by atomic mass is 16.5. The van der Waals surface area contributed by atoms with Crippen molar-refractivity contribution in [1.29, 1.82) is 0 Å². The summed E-state index contributed by atoms with van der Waals surface area (Å²) in [6.45, 7) is 5.94. The number of carbonyl (C=O) groups excluding carboxylic acids is 1. The molecule has 0 bridgehead atoms. The van der Waals surface area contributed by atoms with Crippen LogP contribution in [0.2, 0.25) is 0 Å². The summed E-state index contributed by atoms with van der Waals surface area (Å²) in [4.78, 5) is 23.6. The van der Waals surface area contributed by atoms with Crippen molar-refractivity contribution < 1.29 is 24.2 Å². The number of hydrogen-bond donors (Lipinski definition) is 2. The number of aliphatic hydroxyl groups excluding tert-OH is 1. The molecule has 5 rings (SSSR count). The first-order chi connectivity index (χ1) is 15.1. The lowest BCUT2D eigenvalue weighted by atomic mass is 9.43. The van der Waals surface area contributed by atoms with Gasteiger partial charge in [0, 0.05) is 30.7 Å². The van der Waals surface area contributed by atoms with Gasteiger partial charge in [0.2, 0.25) is 0 Å². The van der Waals surface area contributed by atoms with Gasteiger partial charge in [-0.05, 0) is 79.7 Å². The van der Waals surface area contributed by atoms with Gasteiger partial charge in [0.05, 0.1) is 18.0 Å². The fourth-order valence-electron chi connectivity index (χ4n) is 8.67. The first kappa shape index (κ1) is 22.1. The number of hydrogen-bond acceptors (Lipinski definition) is 6. The quantitative estimate of drug-likeness (QED) is 0.674. The third kappa shape index (κ3) is 3.05. The maximum atomic E-state index is 12.5. The molecular formula is C26H36O6. The van der Waals surface area contributed by atoms with E-state index >= 15 is 0 Å². The van der Waals surface area contributed by atoms with Crippen LogP contribution in [-0.4, -0.2) is 34.0 Å². The minimum absolute atomic E-state index is 0.133. The van der Waals surface area contributed by atoms with Crippen LogP contribution in [0.15, 0.2) is 27.6 Å². The second-order valence-corrected chi connectivity index (χ2v) is 11.5. The van der Waals surface area contributed by atoms with Crippen molar-refractivity contribution in [2.24, 2.45) is 28.6 Å². The zero-order valence-electron chi connectivity index (χ0n) is 19.4. The predicted octanol–water partition coefficient (Wildman–Crippen LogP) is 3.78. The van der Waals surface area contributed by atoms with Crippen LogP contribution in [-0.2, 0) is 9.53 Å². The Kier molecular flexibility index (Phi) is 5.14. The Morgan fingerprint density at radius 2 is 1.91 bits per heavy atom. The maximum Gasteiger partial charge on any atom is 0.335 e. The van der Waals surface area contributed by atoms with Crippen LogP contribution in [0.4, 0.5) is 0 Å². The molecule has 6 heteroatoms. The summed E-state index contributed by atoms with van der Waals surface area (Å²) in [6, 6.07) is 3.17. The Morgan fingerprint density at radius 3 is 2.59 bits per heavy atom. The van der Waals surface area contributed by atoms with Crippen molar-refractivity contribution in [2.45, 2.75) is 95.9 Å². The molecule has 9 atom stereocenters. The molecule has 0 amide bonds. The molecule has 1 aromatic heterocycles. The fourth-order valence-corrected chi connectivity index (χ4v) is 8.67. The molecule has 6 nitrogen and oxygen atoms in total. The molecule has 0 saturated heterocycles. The average molecular weight is 445 g/mol. The van der Waals surface area contributed by atoms with Crippen LogP contribution >= 0.6 is 0 Å². The molecule has 0 aliphatic heterocycles. The first-order valence-corrected chi connectivity index (χ1v) is 12.2. The lowest BCUT2D eigenvalue weighted by molar-refractivity contribution is -0.205. The number of fused-ring (bicyclic) bond motifs is 5. The molecule has 2 N–H and O–H groups in total. The first-order valence-electron chi connectivity index (χ1n) is 12.2. The summed E-state index contributed by atoms with van der Waals surface area (Å²) in [7, 11) is 0. The predicted molar refractivity (Wildman–Crippen MR) is 118 cm³/mol. The Balaban J connectivity index is 1.55. The highest BCUT2D eigenvalue weighted by Gasteiger charge is 2.70. The van der Waals surface area contributed by atoms with Crippen LogP contribution in [0.5, 0.6) is 0 Å². The van der Waals surface area contributed by atoms with Crippen LogP contribution in [0.25, 0.3) is 0 Å². The van der Waals surface area contributed by atoms with Gasteiger partial charge in [0.15, 0.2) is 0 Å². The number of aliphatic hydroxyl groups is 2. The second-order valence-electron chi connectivity index (χ2n) is 11.5. The number of ether oxygens (including phenoxy) is 1. The van der Waals surface area contributed by atoms with E-state index in [9.17, 15) is 19.8 Å². The van der Waals surface area contributed by atoms with E-state index in [4.69, 9.17) is 9.15 Å². The third-order valence-corrected chi connectivity index (χ3v) is 10.2. The van der Waals surface area contributed by atoms with E-state index in [0.717, 1.165) is 50.5 Å². The SMILES string of the molecule is CC(=O)O[C@H]1C[C@]2(O)[C@@H]3CCC4C[C@H](O)CC[C@]4(C)[C@H]3CC[C@]2(C)[C@H]1c1ccc(=O)oc1. The fraction of sp³-hybridized carbons (Fsp3) is 0.769. The minimum Gasteiger partial charge on any atom is -0.462 e. The standard InChI is InChI=1S/C26H36O6/c1-15(27)32-21-13-26(30)20-6-5-17-12-18(28)8-10-24(17,2)19(20)9-11-25(26,3)23(21)16-4-7-22(29)31-14-16/h4,7,14,17-21,23,28,30H,5-6,8-13H2,1-3H3/t17?,18-,19+,20-,21+,23+,24+,25-,26+/m1/s1. The van der Waals surface area contributed by atoms with Crippen LogP contribution in [0, 0.1) is 28.6 Å². The number of rotatable bonds is 2. The van der Waals surface area contributed by atoms with Crippen LogP contribution in [0.1, 0.15) is 83.6 Å². The van der Waals surface area contributed by atoms with Crippen LogP contribution in [0.3, 0.4) is 0 Å². The van der Waals surface area contributed by atoms with Crippen molar-refractivity contribution in [3.8, 4) is 0 Å². The van der Waals surface area contributed by atoms with Crippen molar-refractivity contribution in [3.63, 3.8) is 0 Å². The normalized spacial score (nSPS) is 47.8. The van der Waals surface area contributed by atoms with E-state index in [0.29, 0.717) is 18.3 Å². The van der Waals surface area contributed by atoms with Gasteiger partial charge in [-0.15, -0.1) is 0 Å². The smallest absolute Gasteiger partial charge is 0.335 e. The molecule has 1 aromatic rings. The minimum atomic E-state index is -0.957. The molecule has 0 aromatic carbocycles. The van der Waals surface area contributed by atoms with E-state index < -0.39 is 22.7 Å². The largest absolute Gasteiger partial charge is 0.462 e. The van der Waals surface area contributed by atoms with Crippen molar-refractivity contribution >= 4 is 5.97 Å². The van der Waals surface area contributed by atoms with Gasteiger partial charge in [-0.3, -0.25) is 4.79 Å². The van der Waals surface area contributed by atoms with E-state index in [-0.39, 0.29) is 29.3 Å². The molecule has 0 spiro atoms. The van der Waals surface area contributed by atoms with E-state index in [2.05, 4.69) is 13.8 Å². The van der Waals surface area contributed by atoms with Gasteiger partial charge in [0.25, 0.3) is 0 Å². The summed E-state index contributed by atoms with van der Waals surface area (Å²) in [6.07, 6.45) is 7.78. The topological polar surface area (TPSA) is 97.0 Å². The monoisotopic (exact) mass is 444 g/mol. The van der Waals surface area contributed by atoms with Crippen molar-refractivity contribution in [2.75, 3.05) is 0 Å². The maximum absolute atomic E-state index is 12.5. The molecule has 4 fully saturated rings. The molecule has 1 unspecified atom stereocenters. The molecule has 32 heavy (non-hydrogen) atoms. The van der Waals surface area contributed by atoms with Gasteiger partial charge in [-0.2, -0.15) is 0 Å². The Labute approximate surface area is 189 Å². The highest BCUT2D eigenvalue weighted by Crippen LogP contribution is 2.70. The molecule has 4 aliphatic carbocycles. The summed E-state index contributed by atoms with van der Waals surface area (Å²) in [5.74, 6) is 0.469. The van der Waals surface area contributed by atoms with Gasteiger partial charge >= 0.3 is 11.6 Å². The highest BCUT2D eigenvalue weighted by molar-refractivity contribution is 5.66. The van der Waals surface area contributed by atoms with Gasteiger partial charge in [-0.25, -0.2) is 4.79 Å². The number of carbonyl (C=O) groups is 1. The van der Waals surface area contributed by atoms with E-state index in [1.54, 1.807) is 6.07 Å². The zero-order chi connectivity index (χ0) is 22.9. The summed E-state index contributed by atoms with van der Waals surface area (Å²) in [5.41, 5.74) is -0.903. The van der Waals surface area contributed by atoms with Gasteiger partial charge < -0.3 is 19.4 Å². The Morgan fingerprint density at radius 1 is 1.12 bits per heavy atom. The van der Waals surface area contributed by atoms with Gasteiger partial charge in [0.1, 0.15) is 6.10 Å². The summed E-state index contributed by atoms with van der Waals surface area (Å²) < 4.78 is 11.0. The molecule has 1 heterocycles. The lowest BCUT2D eigenvalue weighted by Crippen LogP contribution is -2.62. The zero-order valence-corrected chi connectivity index (χ0v) is 19.4. The lowest BCUT2D eigenvalue weighted by Gasteiger charge is -2.63. The van der Waals surface area contributed by atoms with E-state index in [1.165, 1.54) is 19.3 Å². The number of esters is 1. The van der Waals surface area contributed by atoms with Crippen molar-refractivity contribution in [3.05, 3.63) is 34.4 Å². The Hall–Kier alpha value is -1.66. The second kappa shape index (κ2) is 7.42. The molecule has 4 saturated carbocycles. The molecule has 176 valence electrons. The van der Waals surface area contributed by atoms with Crippen LogP contribution < -0.4 is 5.63 Å². The third-order valence-electron chi connectivity index (χ3n) is 10.2. The summed E-state index contributed by atoms with van der Waals surface area (Å²) in [5, 5.41) is 22.7. The summed E-state index contributed by atoms with van der Waals surface area (Å²) >= 11 is 0. The van der Waals surface area contributed by atoms with E-state index in [1.807, 2.05) is 0 Å². The molecular weight excluding hydrogens is 408 g/mol. The van der Waals surface area contributed by atoms with Gasteiger partial charge in [-0.1, -0.05) is 13.8 Å². The molecule has 0 radical (unpaired) electrons. The van der Waals surface area contributed by atoms with Crippen molar-refractivity contribution in [1.82, 2.24) is 0 Å². The Bertz CT molecular complexity index is 935.